The molecule has 0 bridgehead atoms. The lowest BCUT2D eigenvalue weighted by Gasteiger charge is -2.11. The van der Waals surface area contributed by atoms with Gasteiger partial charge in [0, 0.05) is 6.20 Å². The lowest BCUT2D eigenvalue weighted by atomic mass is 10.2. The number of hydrogen-bond donors (Lipinski definition) is 0. The molecule has 0 N–H and O–H groups in total. The monoisotopic (exact) mass is 244 g/mol. The second-order valence-electron chi connectivity index (χ2n) is 6.59. The molecular weight excluding hydrogens is 224 g/mol. The third kappa shape index (κ3) is 2.47. The van der Waals surface area contributed by atoms with Gasteiger partial charge >= 0.3 is 0 Å². The first-order valence-electron chi connectivity index (χ1n) is 6.58. The van der Waals surface area contributed by atoms with Crippen molar-refractivity contribution in [3.8, 4) is 11.5 Å². The lowest BCUT2D eigenvalue weighted by Crippen LogP contribution is -2.16. The van der Waals surface area contributed by atoms with Crippen molar-refractivity contribution in [2.75, 3.05) is 0 Å². The van der Waals surface area contributed by atoms with E-state index in [1.165, 1.54) is 19.3 Å². The number of hydrogen-bond acceptors (Lipinski definition) is 1. The highest BCUT2D eigenvalue weighted by Crippen LogP contribution is 2.55. The predicted molar refractivity (Wildman–Crippen MR) is 72.3 cm³/mol. The first-order chi connectivity index (χ1) is 8.01. The molecule has 2 nitrogen and oxygen atoms in total. The van der Waals surface area contributed by atoms with Gasteiger partial charge in [-0.3, -0.25) is 4.68 Å². The van der Waals surface area contributed by atoms with Crippen molar-refractivity contribution < 1.29 is 0 Å². The molecule has 0 saturated heterocycles. The van der Waals surface area contributed by atoms with Crippen LogP contribution in [-0.4, -0.2) is 17.9 Å². The van der Waals surface area contributed by atoms with Crippen molar-refractivity contribution in [3.05, 3.63) is 18.0 Å². The standard InChI is InChI=1S/C14H20N2Si/c1-17(2,3)5-4-11-9-15-16(10-11)14-7-12-6-13(12)8-14/h9-10,12-14H,6-8H2,1-3H3/t12-,13+,14?. The number of fused-ring (bicyclic) bond motifs is 1. The zero-order valence-electron chi connectivity index (χ0n) is 10.9. The Morgan fingerprint density at radius 2 is 1.94 bits per heavy atom. The Hall–Kier alpha value is -1.01. The van der Waals surface area contributed by atoms with Crippen molar-refractivity contribution >= 4 is 8.07 Å². The molecule has 1 aromatic rings. The van der Waals surface area contributed by atoms with E-state index < -0.39 is 8.07 Å². The summed E-state index contributed by atoms with van der Waals surface area (Å²) in [6.07, 6.45) is 8.22. The highest BCUT2D eigenvalue weighted by atomic mass is 28.3. The Morgan fingerprint density at radius 3 is 2.59 bits per heavy atom. The summed E-state index contributed by atoms with van der Waals surface area (Å²) in [6.45, 7) is 6.82. The Labute approximate surface area is 104 Å². The maximum Gasteiger partial charge on any atom is 0.129 e. The van der Waals surface area contributed by atoms with Gasteiger partial charge in [0.15, 0.2) is 0 Å². The fourth-order valence-corrected chi connectivity index (χ4v) is 3.28. The summed E-state index contributed by atoms with van der Waals surface area (Å²) in [6, 6.07) is 0.654. The van der Waals surface area contributed by atoms with Gasteiger partial charge in [-0.2, -0.15) is 5.10 Å². The molecule has 90 valence electrons. The van der Waals surface area contributed by atoms with Crippen LogP contribution in [0.2, 0.25) is 19.6 Å². The molecule has 2 fully saturated rings. The highest BCUT2D eigenvalue weighted by molar-refractivity contribution is 6.83. The van der Waals surface area contributed by atoms with Crippen LogP contribution in [0, 0.1) is 23.3 Å². The fourth-order valence-electron chi connectivity index (χ4n) is 2.76. The first-order valence-corrected chi connectivity index (χ1v) is 10.1. The molecular formula is C14H20N2Si. The zero-order chi connectivity index (χ0) is 12.0. The van der Waals surface area contributed by atoms with E-state index in [1.807, 2.05) is 6.20 Å². The minimum Gasteiger partial charge on any atom is -0.268 e. The van der Waals surface area contributed by atoms with Crippen molar-refractivity contribution in [3.63, 3.8) is 0 Å². The summed E-state index contributed by atoms with van der Waals surface area (Å²) in [5.41, 5.74) is 4.49. The van der Waals surface area contributed by atoms with Gasteiger partial charge in [0.2, 0.25) is 0 Å². The topological polar surface area (TPSA) is 17.8 Å². The molecule has 1 unspecified atom stereocenters. The van der Waals surface area contributed by atoms with Crippen LogP contribution in [-0.2, 0) is 0 Å². The van der Waals surface area contributed by atoms with Crippen molar-refractivity contribution in [2.24, 2.45) is 11.8 Å². The van der Waals surface area contributed by atoms with Gasteiger partial charge in [-0.15, -0.1) is 5.54 Å². The molecule has 3 rings (SSSR count). The minimum atomic E-state index is -1.26. The van der Waals surface area contributed by atoms with Crippen LogP contribution in [0.1, 0.15) is 30.9 Å². The minimum absolute atomic E-state index is 0.654. The average molecular weight is 244 g/mol. The zero-order valence-corrected chi connectivity index (χ0v) is 11.9. The van der Waals surface area contributed by atoms with Gasteiger partial charge in [-0.05, 0) is 31.1 Å². The smallest absolute Gasteiger partial charge is 0.129 e. The van der Waals surface area contributed by atoms with Gasteiger partial charge in [0.05, 0.1) is 17.8 Å². The summed E-state index contributed by atoms with van der Waals surface area (Å²) < 4.78 is 2.15. The largest absolute Gasteiger partial charge is 0.268 e. The molecule has 3 atom stereocenters. The van der Waals surface area contributed by atoms with Gasteiger partial charge in [0.25, 0.3) is 0 Å². The van der Waals surface area contributed by atoms with E-state index in [-0.39, 0.29) is 0 Å². The maximum atomic E-state index is 4.48. The van der Waals surface area contributed by atoms with E-state index in [0.717, 1.165) is 17.4 Å². The number of rotatable bonds is 1. The molecule has 17 heavy (non-hydrogen) atoms. The van der Waals surface area contributed by atoms with Crippen LogP contribution in [0.15, 0.2) is 12.4 Å². The van der Waals surface area contributed by atoms with Crippen LogP contribution >= 0.6 is 0 Å². The second kappa shape index (κ2) is 3.74. The normalized spacial score (nSPS) is 30.6. The van der Waals surface area contributed by atoms with Crippen molar-refractivity contribution in [2.45, 2.75) is 44.9 Å². The van der Waals surface area contributed by atoms with Crippen molar-refractivity contribution in [1.29, 1.82) is 0 Å². The summed E-state index contributed by atoms with van der Waals surface area (Å²) in [4.78, 5) is 0. The molecule has 0 spiro atoms. The molecule has 1 heterocycles. The Bertz CT molecular complexity index is 476. The lowest BCUT2D eigenvalue weighted by molar-refractivity contribution is 0.426. The van der Waals surface area contributed by atoms with Gasteiger partial charge < -0.3 is 0 Å². The van der Waals surface area contributed by atoms with Gasteiger partial charge in [-0.25, -0.2) is 0 Å². The van der Waals surface area contributed by atoms with E-state index in [0.29, 0.717) is 6.04 Å². The predicted octanol–water partition coefficient (Wildman–Crippen LogP) is 3.08. The molecule has 2 saturated carbocycles. The molecule has 2 aliphatic carbocycles. The van der Waals surface area contributed by atoms with Crippen molar-refractivity contribution in [1.82, 2.24) is 9.78 Å². The highest BCUT2D eigenvalue weighted by Gasteiger charge is 2.46. The Kier molecular flexibility index (Phi) is 2.44. The van der Waals surface area contributed by atoms with E-state index in [4.69, 9.17) is 0 Å². The van der Waals surface area contributed by atoms with E-state index in [1.54, 1.807) is 0 Å². The molecule has 1 aromatic heterocycles. The Balaban J connectivity index is 1.71. The van der Waals surface area contributed by atoms with Crippen LogP contribution in [0.25, 0.3) is 0 Å². The van der Waals surface area contributed by atoms with E-state index in [2.05, 4.69) is 47.1 Å². The Morgan fingerprint density at radius 1 is 1.24 bits per heavy atom. The van der Waals surface area contributed by atoms with Crippen LogP contribution in [0.4, 0.5) is 0 Å². The first kappa shape index (κ1) is 11.1. The third-order valence-electron chi connectivity index (χ3n) is 3.78. The van der Waals surface area contributed by atoms with Crippen LogP contribution in [0.5, 0.6) is 0 Å². The molecule has 2 aliphatic rings. The summed E-state index contributed by atoms with van der Waals surface area (Å²) in [5, 5.41) is 4.48. The average Bonchev–Trinajstić information content (AvgIpc) is 2.72. The quantitative estimate of drug-likeness (QED) is 0.548. The second-order valence-corrected chi connectivity index (χ2v) is 11.3. The molecule has 0 radical (unpaired) electrons. The SMILES string of the molecule is C[Si](C)(C)C#Cc1cnn(C2C[C@@H]3C[C@@H]3C2)c1. The summed E-state index contributed by atoms with van der Waals surface area (Å²) >= 11 is 0. The van der Waals surface area contributed by atoms with Gasteiger partial charge in [-0.1, -0.05) is 25.6 Å². The number of aromatic nitrogens is 2. The van der Waals surface area contributed by atoms with E-state index in [9.17, 15) is 0 Å². The van der Waals surface area contributed by atoms with E-state index >= 15 is 0 Å². The van der Waals surface area contributed by atoms with Gasteiger partial charge in [0.1, 0.15) is 8.07 Å². The number of nitrogens with zero attached hydrogens (tertiary/aromatic N) is 2. The molecule has 0 amide bonds. The molecule has 0 aromatic carbocycles. The maximum absolute atomic E-state index is 4.48. The third-order valence-corrected chi connectivity index (χ3v) is 4.65. The van der Waals surface area contributed by atoms with Crippen LogP contribution in [0.3, 0.4) is 0 Å². The summed E-state index contributed by atoms with van der Waals surface area (Å²) in [5.74, 6) is 5.31. The fraction of sp³-hybridized carbons (Fsp3) is 0.643. The van der Waals surface area contributed by atoms with Crippen LogP contribution < -0.4 is 0 Å². The summed E-state index contributed by atoms with van der Waals surface area (Å²) in [7, 11) is -1.26. The molecule has 3 heteroatoms. The molecule has 0 aliphatic heterocycles.